The predicted molar refractivity (Wildman–Crippen MR) is 407 cm³/mol. The zero-order chi connectivity index (χ0) is 69.4. The first-order valence-electron chi connectivity index (χ1n) is 40.9. The molecule has 1 rings (SSSR count). The van der Waals surface area contributed by atoms with Crippen LogP contribution in [-0.4, -0.2) is 100 Å². The van der Waals surface area contributed by atoms with Crippen LogP contribution in [0.2, 0.25) is 0 Å². The first kappa shape index (κ1) is 90.9. The molecule has 1 heterocycles. The van der Waals surface area contributed by atoms with Gasteiger partial charge in [-0.1, -0.05) is 336 Å². The second-order valence-electron chi connectivity index (χ2n) is 28.1. The molecule has 1 amide bonds. The largest absolute Gasteiger partial charge is 0.466 e. The third-order valence-electron chi connectivity index (χ3n) is 18.9. The first-order valence-corrected chi connectivity index (χ1v) is 40.9. The number of unbranched alkanes of at least 4 members (excludes halogenated alkanes) is 46. The van der Waals surface area contributed by atoms with Crippen LogP contribution < -0.4 is 5.32 Å². The van der Waals surface area contributed by atoms with Crippen molar-refractivity contribution in [3.8, 4) is 0 Å². The number of hydrogen-bond donors (Lipinski definition) is 6. The average Bonchev–Trinajstić information content (AvgIpc) is 0.836. The Bertz CT molecular complexity index is 1880. The first-order chi connectivity index (χ1) is 47.2. The topological polar surface area (TPSA) is 175 Å². The number of esters is 1. The van der Waals surface area contributed by atoms with Crippen LogP contribution in [0.15, 0.2) is 85.1 Å². The van der Waals surface area contributed by atoms with Crippen molar-refractivity contribution in [2.45, 2.75) is 423 Å². The van der Waals surface area contributed by atoms with Gasteiger partial charge in [-0.2, -0.15) is 0 Å². The van der Waals surface area contributed by atoms with Crippen LogP contribution in [0.25, 0.3) is 0 Å². The van der Waals surface area contributed by atoms with Crippen molar-refractivity contribution in [3.05, 3.63) is 85.1 Å². The molecule has 0 saturated carbocycles. The van der Waals surface area contributed by atoms with Crippen molar-refractivity contribution in [2.75, 3.05) is 19.8 Å². The molecule has 0 bridgehead atoms. The molecule has 7 unspecified atom stereocenters. The van der Waals surface area contributed by atoms with Crippen molar-refractivity contribution in [1.29, 1.82) is 0 Å². The van der Waals surface area contributed by atoms with Gasteiger partial charge >= 0.3 is 5.97 Å². The van der Waals surface area contributed by atoms with E-state index in [1.54, 1.807) is 6.08 Å². The molecule has 11 heteroatoms. The molecule has 0 aromatic rings. The molecule has 7 atom stereocenters. The minimum absolute atomic E-state index is 0.0104. The summed E-state index contributed by atoms with van der Waals surface area (Å²) in [5, 5.41) is 54.3. The lowest BCUT2D eigenvalue weighted by molar-refractivity contribution is -0.302. The molecule has 1 aliphatic heterocycles. The molecule has 0 spiro atoms. The maximum absolute atomic E-state index is 13.0. The summed E-state index contributed by atoms with van der Waals surface area (Å²) in [6.07, 6.45) is 92.2. The average molecular weight is 1350 g/mol. The number of nitrogens with one attached hydrogen (secondary N) is 1. The van der Waals surface area contributed by atoms with Crippen molar-refractivity contribution >= 4 is 11.9 Å². The lowest BCUT2D eigenvalue weighted by Crippen LogP contribution is -2.60. The minimum atomic E-state index is -1.58. The number of ether oxygens (including phenoxy) is 3. The van der Waals surface area contributed by atoms with E-state index in [0.29, 0.717) is 19.4 Å². The Morgan fingerprint density at radius 1 is 0.396 bits per heavy atom. The Hall–Kier alpha value is -3.16. The summed E-state index contributed by atoms with van der Waals surface area (Å²) in [6, 6.07) is -0.833. The molecule has 1 saturated heterocycles. The smallest absolute Gasteiger partial charge is 0.305 e. The normalized spacial score (nSPS) is 17.8. The summed E-state index contributed by atoms with van der Waals surface area (Å²) in [7, 11) is 0. The van der Waals surface area contributed by atoms with Crippen molar-refractivity contribution in [1.82, 2.24) is 5.32 Å². The van der Waals surface area contributed by atoms with Crippen LogP contribution >= 0.6 is 0 Å². The number of rotatable bonds is 72. The van der Waals surface area contributed by atoms with Gasteiger partial charge in [0.1, 0.15) is 24.4 Å². The highest BCUT2D eigenvalue weighted by molar-refractivity contribution is 5.76. The molecule has 0 aromatic carbocycles. The van der Waals surface area contributed by atoms with Gasteiger partial charge in [0, 0.05) is 12.8 Å². The molecule has 1 aliphatic rings. The number of carbonyl (C=O) groups is 2. The summed E-state index contributed by atoms with van der Waals surface area (Å²) in [6.45, 7) is 4.21. The summed E-state index contributed by atoms with van der Waals surface area (Å²) in [5.41, 5.74) is 0. The number of amides is 1. The van der Waals surface area contributed by atoms with E-state index in [2.05, 4.69) is 92.1 Å². The minimum Gasteiger partial charge on any atom is -0.466 e. The summed E-state index contributed by atoms with van der Waals surface area (Å²) in [5.74, 6) is -0.185. The highest BCUT2D eigenvalue weighted by Crippen LogP contribution is 2.24. The molecule has 0 radical (unpaired) electrons. The van der Waals surface area contributed by atoms with Gasteiger partial charge < -0.3 is 45.1 Å². The SMILES string of the molecule is CC/C=C/CC/C=C/CC/C=C/C(O)C(COC1OC(CO)C(O)C(O)C1O)NC(=O)CCCCCCCCCCCCCCCCCCC/C=C\C/C=C\CCCCCCCCCCCCCCCCCOC(=O)CCCCCCCCCCC/C=C\C/C=C\CCCCC. The van der Waals surface area contributed by atoms with E-state index in [4.69, 9.17) is 14.2 Å². The van der Waals surface area contributed by atoms with Gasteiger partial charge in [-0.15, -0.1) is 0 Å². The summed E-state index contributed by atoms with van der Waals surface area (Å²) in [4.78, 5) is 25.2. The molecule has 96 heavy (non-hydrogen) atoms. The third-order valence-corrected chi connectivity index (χ3v) is 18.9. The van der Waals surface area contributed by atoms with Crippen LogP contribution in [-0.2, 0) is 23.8 Å². The molecule has 0 aromatic heterocycles. The van der Waals surface area contributed by atoms with Crippen LogP contribution in [0.1, 0.15) is 380 Å². The maximum atomic E-state index is 13.0. The van der Waals surface area contributed by atoms with Gasteiger partial charge in [-0.25, -0.2) is 0 Å². The van der Waals surface area contributed by atoms with Gasteiger partial charge in [-0.05, 0) is 116 Å². The number of hydrogen-bond acceptors (Lipinski definition) is 10. The summed E-state index contributed by atoms with van der Waals surface area (Å²) < 4.78 is 16.7. The van der Waals surface area contributed by atoms with Crippen molar-refractivity contribution in [2.24, 2.45) is 0 Å². The molecule has 6 N–H and O–H groups in total. The predicted octanol–water partition coefficient (Wildman–Crippen LogP) is 22.4. The van der Waals surface area contributed by atoms with E-state index in [9.17, 15) is 35.1 Å². The molecule has 1 fully saturated rings. The fraction of sp³-hybridized carbons (Fsp3) is 0.812. The number of allylic oxidation sites excluding steroid dienone is 13. The Morgan fingerprint density at radius 3 is 1.14 bits per heavy atom. The quantitative estimate of drug-likeness (QED) is 0.0195. The van der Waals surface area contributed by atoms with Gasteiger partial charge in [0.2, 0.25) is 5.91 Å². The van der Waals surface area contributed by atoms with Crippen molar-refractivity contribution in [3.63, 3.8) is 0 Å². The van der Waals surface area contributed by atoms with E-state index in [1.165, 1.54) is 270 Å². The third kappa shape index (κ3) is 60.8. The van der Waals surface area contributed by atoms with Crippen LogP contribution in [0.4, 0.5) is 0 Å². The fourth-order valence-corrected chi connectivity index (χ4v) is 12.6. The second kappa shape index (κ2) is 73.1. The molecular weight excluding hydrogens is 1190 g/mol. The molecule has 558 valence electrons. The highest BCUT2D eigenvalue weighted by atomic mass is 16.7. The second-order valence-corrected chi connectivity index (χ2v) is 28.1. The van der Waals surface area contributed by atoms with Gasteiger partial charge in [0.05, 0.1) is 32.0 Å². The summed E-state index contributed by atoms with van der Waals surface area (Å²) >= 11 is 0. The maximum Gasteiger partial charge on any atom is 0.305 e. The van der Waals surface area contributed by atoms with E-state index in [1.807, 2.05) is 6.08 Å². The monoisotopic (exact) mass is 1350 g/mol. The molecular formula is C85H153NO10. The van der Waals surface area contributed by atoms with Crippen LogP contribution in [0, 0.1) is 0 Å². The van der Waals surface area contributed by atoms with Crippen LogP contribution in [0.3, 0.4) is 0 Å². The van der Waals surface area contributed by atoms with Gasteiger partial charge in [0.25, 0.3) is 0 Å². The lowest BCUT2D eigenvalue weighted by atomic mass is 9.99. The Kier molecular flexibility index (Phi) is 69.2. The van der Waals surface area contributed by atoms with E-state index < -0.39 is 49.5 Å². The van der Waals surface area contributed by atoms with Crippen LogP contribution in [0.5, 0.6) is 0 Å². The zero-order valence-electron chi connectivity index (χ0n) is 62.3. The highest BCUT2D eigenvalue weighted by Gasteiger charge is 2.44. The molecule has 0 aliphatic carbocycles. The standard InChI is InChI=1S/C85H153NO10/c1-3-5-7-9-11-13-15-16-17-18-40-44-47-50-53-57-61-65-69-73-81(90)94-74-70-66-62-58-54-51-48-45-42-39-37-35-33-31-29-27-25-23-21-19-20-22-24-26-28-30-32-34-36-38-41-43-46-49-52-56-60-64-68-72-80(89)86-77(76-95-85-84(93)83(92)82(91)79(75-87)96-85)78(88)71-67-63-59-55-14-12-10-8-6-4-2/h6,8,11,13-14,16-17,19-20,23,25,55,67,71,77-79,82-85,87-88,91-93H,3-5,7,9-10,12,15,18,21-22,24,26-54,56-66,68-70,72-76H2,1-2H3,(H,86,89)/b8-6+,13-11-,17-16-,20-19-,25-23-,55-14+,71-67+. The van der Waals surface area contributed by atoms with E-state index in [0.717, 1.165) is 83.5 Å². The van der Waals surface area contributed by atoms with E-state index >= 15 is 0 Å². The fourth-order valence-electron chi connectivity index (χ4n) is 12.6. The van der Waals surface area contributed by atoms with Gasteiger partial charge in [-0.3, -0.25) is 9.59 Å². The molecule has 11 nitrogen and oxygen atoms in total. The number of aliphatic hydroxyl groups excluding tert-OH is 5. The van der Waals surface area contributed by atoms with Crippen molar-refractivity contribution < 1.29 is 49.3 Å². The number of carbonyl (C=O) groups excluding carboxylic acids is 2. The lowest BCUT2D eigenvalue weighted by Gasteiger charge is -2.40. The zero-order valence-corrected chi connectivity index (χ0v) is 62.3. The van der Waals surface area contributed by atoms with E-state index in [-0.39, 0.29) is 18.5 Å². The Morgan fingerprint density at radius 2 is 0.740 bits per heavy atom. The number of aliphatic hydroxyl groups is 5. The van der Waals surface area contributed by atoms with Gasteiger partial charge in [0.15, 0.2) is 6.29 Å². The Labute approximate surface area is 591 Å². The Balaban J connectivity index is 1.86.